The Bertz CT molecular complexity index is 702. The predicted octanol–water partition coefficient (Wildman–Crippen LogP) is 3.22. The summed E-state index contributed by atoms with van der Waals surface area (Å²) < 4.78 is 17.2. The van der Waals surface area contributed by atoms with Gasteiger partial charge in [-0.05, 0) is 13.8 Å². The number of aromatic nitrogens is 1. The second-order valence-electron chi connectivity index (χ2n) is 5.69. The number of halogens is 1. The molecule has 3 heterocycles. The minimum absolute atomic E-state index is 0.0801. The lowest BCUT2D eigenvalue weighted by molar-refractivity contribution is 0.253. The molecule has 21 heavy (non-hydrogen) atoms. The number of hydrogen-bond donors (Lipinski definition) is 1. The van der Waals surface area contributed by atoms with Crippen molar-refractivity contribution in [1.82, 2.24) is 5.16 Å². The second-order valence-corrected chi connectivity index (χ2v) is 6.06. The third-order valence-corrected chi connectivity index (χ3v) is 4.34. The van der Waals surface area contributed by atoms with Gasteiger partial charge in [-0.25, -0.2) is 0 Å². The Balaban J connectivity index is 2.02. The Kier molecular flexibility index (Phi) is 2.63. The SMILES string of the molecule is CC1Cc2c(c(Cl)c3c(c2-c2cc(N)no2)OC(C)C3)O1. The Morgan fingerprint density at radius 1 is 1.14 bits per heavy atom. The molecule has 0 saturated heterocycles. The molecule has 0 aliphatic carbocycles. The molecule has 0 radical (unpaired) electrons. The molecule has 0 bridgehead atoms. The van der Waals surface area contributed by atoms with E-state index in [1.165, 1.54) is 0 Å². The smallest absolute Gasteiger partial charge is 0.173 e. The van der Waals surface area contributed by atoms with E-state index in [1.807, 2.05) is 13.8 Å². The van der Waals surface area contributed by atoms with Gasteiger partial charge in [0.15, 0.2) is 11.6 Å². The van der Waals surface area contributed by atoms with Crippen molar-refractivity contribution in [2.75, 3.05) is 5.73 Å². The fourth-order valence-electron chi connectivity index (χ4n) is 3.13. The largest absolute Gasteiger partial charge is 0.489 e. The average Bonchev–Trinajstić information content (AvgIpc) is 3.09. The monoisotopic (exact) mass is 306 g/mol. The van der Waals surface area contributed by atoms with Gasteiger partial charge in [-0.3, -0.25) is 0 Å². The van der Waals surface area contributed by atoms with Gasteiger partial charge in [-0.2, -0.15) is 0 Å². The van der Waals surface area contributed by atoms with Crippen molar-refractivity contribution in [1.29, 1.82) is 0 Å². The van der Waals surface area contributed by atoms with E-state index >= 15 is 0 Å². The lowest BCUT2D eigenvalue weighted by atomic mass is 9.96. The summed E-state index contributed by atoms with van der Waals surface area (Å²) in [7, 11) is 0. The summed E-state index contributed by atoms with van der Waals surface area (Å²) in [6.07, 6.45) is 1.68. The van der Waals surface area contributed by atoms with Gasteiger partial charge in [-0.1, -0.05) is 16.8 Å². The van der Waals surface area contributed by atoms with Crippen molar-refractivity contribution < 1.29 is 14.0 Å². The van der Waals surface area contributed by atoms with Crippen molar-refractivity contribution in [2.45, 2.75) is 38.9 Å². The normalized spacial score (nSPS) is 22.6. The highest BCUT2D eigenvalue weighted by Gasteiger charge is 2.36. The maximum Gasteiger partial charge on any atom is 0.173 e. The Hall–Kier alpha value is -1.88. The third-order valence-electron chi connectivity index (χ3n) is 3.94. The number of ether oxygens (including phenoxy) is 2. The lowest BCUT2D eigenvalue weighted by Gasteiger charge is -2.12. The number of nitrogens with zero attached hydrogens (tertiary/aromatic N) is 1. The number of nitrogen functional groups attached to an aromatic ring is 1. The van der Waals surface area contributed by atoms with E-state index < -0.39 is 0 Å². The quantitative estimate of drug-likeness (QED) is 0.876. The first-order valence-corrected chi connectivity index (χ1v) is 7.35. The average molecular weight is 307 g/mol. The van der Waals surface area contributed by atoms with Crippen LogP contribution in [0.2, 0.25) is 5.02 Å². The molecule has 2 aromatic rings. The van der Waals surface area contributed by atoms with Crippen LogP contribution in [0.1, 0.15) is 25.0 Å². The summed E-state index contributed by atoms with van der Waals surface area (Å²) in [5.74, 6) is 2.47. The van der Waals surface area contributed by atoms with Crippen molar-refractivity contribution in [3.8, 4) is 22.8 Å². The second kappa shape index (κ2) is 4.31. The lowest BCUT2D eigenvalue weighted by Crippen LogP contribution is -2.07. The molecule has 1 aromatic heterocycles. The number of rotatable bonds is 1. The van der Waals surface area contributed by atoms with Crippen LogP contribution in [0.5, 0.6) is 11.5 Å². The van der Waals surface area contributed by atoms with E-state index in [0.717, 1.165) is 41.0 Å². The van der Waals surface area contributed by atoms with E-state index in [0.29, 0.717) is 16.6 Å². The molecule has 2 aliphatic rings. The molecule has 2 atom stereocenters. The zero-order chi connectivity index (χ0) is 14.7. The first-order valence-electron chi connectivity index (χ1n) is 6.97. The van der Waals surface area contributed by atoms with E-state index in [4.69, 9.17) is 31.3 Å². The van der Waals surface area contributed by atoms with Crippen molar-refractivity contribution in [3.05, 3.63) is 22.2 Å². The maximum absolute atomic E-state index is 6.52. The highest BCUT2D eigenvalue weighted by molar-refractivity contribution is 6.33. The topological polar surface area (TPSA) is 70.5 Å². The molecule has 110 valence electrons. The third kappa shape index (κ3) is 1.80. The molecular weight excluding hydrogens is 292 g/mol. The van der Waals surface area contributed by atoms with Gasteiger partial charge >= 0.3 is 0 Å². The summed E-state index contributed by atoms with van der Waals surface area (Å²) in [6, 6.07) is 1.71. The van der Waals surface area contributed by atoms with Crippen LogP contribution >= 0.6 is 11.6 Å². The highest BCUT2D eigenvalue weighted by Crippen LogP contribution is 2.52. The van der Waals surface area contributed by atoms with Gasteiger partial charge in [-0.15, -0.1) is 0 Å². The molecule has 4 rings (SSSR count). The van der Waals surface area contributed by atoms with E-state index in [2.05, 4.69) is 5.16 Å². The molecule has 2 unspecified atom stereocenters. The zero-order valence-electron chi connectivity index (χ0n) is 11.8. The number of fused-ring (bicyclic) bond motifs is 2. The van der Waals surface area contributed by atoms with E-state index in [-0.39, 0.29) is 12.2 Å². The van der Waals surface area contributed by atoms with Crippen molar-refractivity contribution in [2.24, 2.45) is 0 Å². The summed E-state index contributed by atoms with van der Waals surface area (Å²) in [5, 5.41) is 4.44. The summed E-state index contributed by atoms with van der Waals surface area (Å²) >= 11 is 6.52. The van der Waals surface area contributed by atoms with Crippen LogP contribution in [0.15, 0.2) is 10.6 Å². The van der Waals surface area contributed by atoms with Crippen LogP contribution in [-0.4, -0.2) is 17.4 Å². The van der Waals surface area contributed by atoms with Crippen LogP contribution in [0.3, 0.4) is 0 Å². The first kappa shape index (κ1) is 12.8. The van der Waals surface area contributed by atoms with Gasteiger partial charge in [0, 0.05) is 30.0 Å². The molecule has 6 heteroatoms. The predicted molar refractivity (Wildman–Crippen MR) is 78.9 cm³/mol. The summed E-state index contributed by atoms with van der Waals surface area (Å²) in [5.41, 5.74) is 8.55. The number of benzene rings is 1. The molecule has 0 spiro atoms. The fourth-order valence-corrected chi connectivity index (χ4v) is 3.45. The Morgan fingerprint density at radius 2 is 1.81 bits per heavy atom. The Labute approximate surface area is 127 Å². The first-order chi connectivity index (χ1) is 10.0. The van der Waals surface area contributed by atoms with Crippen LogP contribution < -0.4 is 15.2 Å². The number of anilines is 1. The Morgan fingerprint density at radius 3 is 2.48 bits per heavy atom. The number of hydrogen-bond acceptors (Lipinski definition) is 5. The van der Waals surface area contributed by atoms with Crippen LogP contribution in [0.25, 0.3) is 11.3 Å². The van der Waals surface area contributed by atoms with Gasteiger partial charge in [0.25, 0.3) is 0 Å². The van der Waals surface area contributed by atoms with E-state index in [1.54, 1.807) is 6.07 Å². The van der Waals surface area contributed by atoms with E-state index in [9.17, 15) is 0 Å². The standard InChI is InChI=1S/C15H15ClN2O3/c1-6-3-8-12(10-5-11(17)18-21-10)14-9(4-7(2)19-14)13(16)15(8)20-6/h5-7H,3-4H2,1-2H3,(H2,17,18). The van der Waals surface area contributed by atoms with Crippen LogP contribution in [0.4, 0.5) is 5.82 Å². The minimum Gasteiger partial charge on any atom is -0.489 e. The molecular formula is C15H15ClN2O3. The summed E-state index contributed by atoms with van der Waals surface area (Å²) in [6.45, 7) is 4.03. The summed E-state index contributed by atoms with van der Waals surface area (Å²) in [4.78, 5) is 0. The molecule has 2 N–H and O–H groups in total. The van der Waals surface area contributed by atoms with Gasteiger partial charge < -0.3 is 19.7 Å². The molecule has 5 nitrogen and oxygen atoms in total. The number of nitrogens with two attached hydrogens (primary N) is 1. The van der Waals surface area contributed by atoms with Crippen molar-refractivity contribution in [3.63, 3.8) is 0 Å². The van der Waals surface area contributed by atoms with Crippen LogP contribution in [-0.2, 0) is 12.8 Å². The zero-order valence-corrected chi connectivity index (χ0v) is 12.5. The van der Waals surface area contributed by atoms with Crippen LogP contribution in [0, 0.1) is 0 Å². The maximum atomic E-state index is 6.52. The van der Waals surface area contributed by atoms with Gasteiger partial charge in [0.1, 0.15) is 23.7 Å². The highest BCUT2D eigenvalue weighted by atomic mass is 35.5. The van der Waals surface area contributed by atoms with Crippen molar-refractivity contribution >= 4 is 17.4 Å². The molecule has 2 aliphatic heterocycles. The fraction of sp³-hybridized carbons (Fsp3) is 0.400. The molecule has 0 saturated carbocycles. The minimum atomic E-state index is 0.0801. The molecule has 1 aromatic carbocycles. The molecule has 0 amide bonds. The van der Waals surface area contributed by atoms with Gasteiger partial charge in [0.05, 0.1) is 10.6 Å². The van der Waals surface area contributed by atoms with Gasteiger partial charge in [0.2, 0.25) is 0 Å². The molecule has 0 fully saturated rings.